The zero-order valence-electron chi connectivity index (χ0n) is 21.6. The van der Waals surface area contributed by atoms with Crippen LogP contribution in [0.4, 0.5) is 11.8 Å². The van der Waals surface area contributed by atoms with Crippen LogP contribution in [-0.2, 0) is 0 Å². The molecular formula is C28H34N9O+. The van der Waals surface area contributed by atoms with Crippen LogP contribution >= 0.6 is 0 Å². The zero-order valence-corrected chi connectivity index (χ0v) is 21.6. The van der Waals surface area contributed by atoms with Crippen molar-refractivity contribution in [3.8, 4) is 28.8 Å². The van der Waals surface area contributed by atoms with Gasteiger partial charge in [0.1, 0.15) is 35.5 Å². The van der Waals surface area contributed by atoms with E-state index < -0.39 is 0 Å². The molecule has 196 valence electrons. The van der Waals surface area contributed by atoms with E-state index in [1.54, 1.807) is 18.5 Å². The average molecular weight is 513 g/mol. The Labute approximate surface area is 223 Å². The van der Waals surface area contributed by atoms with Crippen molar-refractivity contribution in [1.82, 2.24) is 25.1 Å². The number of hydrogen-bond acceptors (Lipinski definition) is 9. The lowest BCUT2D eigenvalue weighted by Gasteiger charge is -2.41. The first kappa shape index (κ1) is 24.4. The fourth-order valence-electron chi connectivity index (χ4n) is 5.92. The van der Waals surface area contributed by atoms with Crippen molar-refractivity contribution < 1.29 is 9.78 Å². The number of piperazine rings is 1. The molecule has 10 nitrogen and oxygen atoms in total. The Kier molecular flexibility index (Phi) is 6.92. The van der Waals surface area contributed by atoms with Crippen molar-refractivity contribution in [3.63, 3.8) is 0 Å². The highest BCUT2D eigenvalue weighted by Gasteiger charge is 2.42. The number of likely N-dealkylation sites (tertiary alicyclic amines) is 1. The largest absolute Gasteiger partial charge is 0.507 e. The van der Waals surface area contributed by atoms with Gasteiger partial charge in [0.15, 0.2) is 0 Å². The van der Waals surface area contributed by atoms with Crippen LogP contribution in [0.5, 0.6) is 5.75 Å². The van der Waals surface area contributed by atoms with Gasteiger partial charge in [-0.3, -0.25) is 15.6 Å². The molecule has 10 heteroatoms. The number of phenolic OH excluding ortho intramolecular Hbond substituents is 1. The third-order valence-corrected chi connectivity index (χ3v) is 7.82. The molecule has 0 saturated carbocycles. The molecule has 0 spiro atoms. The molecule has 3 saturated heterocycles. The summed E-state index contributed by atoms with van der Waals surface area (Å²) in [7, 11) is 0. The lowest BCUT2D eigenvalue weighted by atomic mass is 10.1. The lowest BCUT2D eigenvalue weighted by molar-refractivity contribution is -0.682. The average Bonchev–Trinajstić information content (AvgIpc) is 3.09. The molecule has 0 amide bonds. The molecule has 2 unspecified atom stereocenters. The molecule has 5 heterocycles. The Morgan fingerprint density at radius 3 is 2.53 bits per heavy atom. The minimum Gasteiger partial charge on any atom is -0.507 e. The van der Waals surface area contributed by atoms with E-state index in [4.69, 9.17) is 5.73 Å². The van der Waals surface area contributed by atoms with E-state index in [-0.39, 0.29) is 17.8 Å². The number of nitrogen functional groups attached to an aromatic ring is 1. The predicted octanol–water partition coefficient (Wildman–Crippen LogP) is 1.73. The lowest BCUT2D eigenvalue weighted by Crippen LogP contribution is -2.69. The topological polar surface area (TPSA) is 111 Å². The molecular weight excluding hydrogens is 478 g/mol. The molecule has 2 aromatic heterocycles. The number of aromatic nitrogens is 5. The van der Waals surface area contributed by atoms with Gasteiger partial charge in [0.2, 0.25) is 0 Å². The number of phenols is 1. The quantitative estimate of drug-likeness (QED) is 0.399. The van der Waals surface area contributed by atoms with Crippen molar-refractivity contribution >= 4 is 11.8 Å². The summed E-state index contributed by atoms with van der Waals surface area (Å²) in [5.74, 6) is 8.03. The van der Waals surface area contributed by atoms with Gasteiger partial charge in [-0.25, -0.2) is 9.97 Å². The molecule has 2 atom stereocenters. The monoisotopic (exact) mass is 512 g/mol. The number of fused-ring (bicyclic) bond motifs is 2. The minimum atomic E-state index is 0.164. The number of aromatic hydroxyl groups is 1. The van der Waals surface area contributed by atoms with Crippen LogP contribution < -0.4 is 20.3 Å². The Bertz CT molecular complexity index is 1330. The van der Waals surface area contributed by atoms with Crippen LogP contribution in [-0.4, -0.2) is 75.0 Å². The van der Waals surface area contributed by atoms with Crippen molar-refractivity contribution in [1.29, 1.82) is 0 Å². The number of hydrogen-bond donors (Lipinski definition) is 2. The van der Waals surface area contributed by atoms with Gasteiger partial charge in [-0.15, -0.1) is 4.68 Å². The molecule has 2 bridgehead atoms. The second-order valence-corrected chi connectivity index (χ2v) is 10.4. The third kappa shape index (κ3) is 5.07. The van der Waals surface area contributed by atoms with Crippen LogP contribution in [0.25, 0.3) is 11.3 Å². The molecule has 3 aromatic rings. The van der Waals surface area contributed by atoms with Crippen LogP contribution in [0.2, 0.25) is 0 Å². The van der Waals surface area contributed by atoms with Gasteiger partial charge >= 0.3 is 5.95 Å². The maximum absolute atomic E-state index is 10.3. The zero-order chi connectivity index (χ0) is 25.9. The summed E-state index contributed by atoms with van der Waals surface area (Å²) < 4.78 is 1.87. The van der Waals surface area contributed by atoms with Gasteiger partial charge < -0.3 is 10.0 Å². The third-order valence-electron chi connectivity index (χ3n) is 7.82. The highest BCUT2D eigenvalue weighted by molar-refractivity contribution is 5.65. The van der Waals surface area contributed by atoms with Gasteiger partial charge in [-0.1, -0.05) is 36.0 Å². The maximum Gasteiger partial charge on any atom is 0.434 e. The van der Waals surface area contributed by atoms with Gasteiger partial charge in [-0.2, -0.15) is 0 Å². The summed E-state index contributed by atoms with van der Waals surface area (Å²) in [6.07, 6.45) is 10.8. The number of nitrogens with two attached hydrogens (primary N) is 1. The minimum absolute atomic E-state index is 0.164. The summed E-state index contributed by atoms with van der Waals surface area (Å²) in [6.45, 7) is 4.63. The van der Waals surface area contributed by atoms with Gasteiger partial charge in [0.05, 0.1) is 31.7 Å². The fraction of sp³-hybridized carbons (Fsp3) is 0.464. The smallest absolute Gasteiger partial charge is 0.434 e. The van der Waals surface area contributed by atoms with E-state index in [2.05, 4.69) is 46.8 Å². The Morgan fingerprint density at radius 1 is 1.00 bits per heavy atom. The van der Waals surface area contributed by atoms with Crippen molar-refractivity contribution in [2.75, 3.05) is 48.4 Å². The molecule has 0 radical (unpaired) electrons. The molecule has 3 N–H and O–H groups in total. The first-order valence-corrected chi connectivity index (χ1v) is 13.6. The fourth-order valence-corrected chi connectivity index (χ4v) is 5.92. The summed E-state index contributed by atoms with van der Waals surface area (Å²) in [6, 6.07) is 9.73. The van der Waals surface area contributed by atoms with E-state index in [1.165, 1.54) is 25.7 Å². The second kappa shape index (κ2) is 10.8. The summed E-state index contributed by atoms with van der Waals surface area (Å²) in [5, 5.41) is 20.9. The number of anilines is 2. The molecule has 3 fully saturated rings. The Morgan fingerprint density at radius 2 is 1.76 bits per heavy atom. The summed E-state index contributed by atoms with van der Waals surface area (Å²) in [4.78, 5) is 13.9. The Hall–Kier alpha value is -3.97. The first-order valence-electron chi connectivity index (χ1n) is 13.6. The summed E-state index contributed by atoms with van der Waals surface area (Å²) in [5.41, 5.74) is 8.23. The van der Waals surface area contributed by atoms with Crippen LogP contribution in [0, 0.1) is 11.8 Å². The number of nitrogens with zero attached hydrogens (tertiary/aromatic N) is 8. The highest BCUT2D eigenvalue weighted by atomic mass is 16.3. The van der Waals surface area contributed by atoms with Crippen LogP contribution in [0.1, 0.15) is 44.2 Å². The van der Waals surface area contributed by atoms with E-state index >= 15 is 0 Å². The Balaban J connectivity index is 1.17. The van der Waals surface area contributed by atoms with E-state index in [0.29, 0.717) is 17.2 Å². The maximum atomic E-state index is 10.3. The number of para-hydroxylation sites is 1. The van der Waals surface area contributed by atoms with Gasteiger partial charge in [0, 0.05) is 16.7 Å². The SMILES string of the molecule is Nc1nnc(-c2ccccc2O)c[n+]1N1CC2CCC(C1)N2c1cc(C#CCN2CCCCCC2)ncn1. The van der Waals surface area contributed by atoms with Crippen molar-refractivity contribution in [2.24, 2.45) is 0 Å². The van der Waals surface area contributed by atoms with E-state index in [1.807, 2.05) is 29.1 Å². The predicted molar refractivity (Wildman–Crippen MR) is 145 cm³/mol. The summed E-state index contributed by atoms with van der Waals surface area (Å²) >= 11 is 0. The van der Waals surface area contributed by atoms with Crippen molar-refractivity contribution in [2.45, 2.75) is 50.6 Å². The van der Waals surface area contributed by atoms with E-state index in [0.717, 1.165) is 57.1 Å². The van der Waals surface area contributed by atoms with Gasteiger partial charge in [-0.05, 0) is 56.8 Å². The van der Waals surface area contributed by atoms with Crippen molar-refractivity contribution in [3.05, 3.63) is 48.5 Å². The van der Waals surface area contributed by atoms with Gasteiger partial charge in [0.25, 0.3) is 0 Å². The first-order chi connectivity index (χ1) is 18.7. The molecule has 0 aliphatic carbocycles. The van der Waals surface area contributed by atoms with Crippen LogP contribution in [0.3, 0.4) is 0 Å². The van der Waals surface area contributed by atoms with Crippen LogP contribution in [0.15, 0.2) is 42.9 Å². The van der Waals surface area contributed by atoms with E-state index in [9.17, 15) is 5.11 Å². The number of rotatable bonds is 4. The molecule has 1 aromatic carbocycles. The molecule has 38 heavy (non-hydrogen) atoms. The number of benzene rings is 1. The molecule has 3 aliphatic heterocycles. The standard InChI is InChI=1S/C28H33N9O/c29-28-33-32-25(24-9-3-4-10-26(24)38)19-36(28)35-17-22-11-12-23(18-35)37(22)27-16-21(30-20-31-27)8-7-15-34-13-5-1-2-6-14-34/h3-4,9-10,16,19-20,22-23,29,38H,1-2,5-6,11-15,17-18H2/p+1. The molecule has 6 rings (SSSR count). The highest BCUT2D eigenvalue weighted by Crippen LogP contribution is 2.33. The normalized spacial score (nSPS) is 21.6. The molecule has 3 aliphatic rings. The second-order valence-electron chi connectivity index (χ2n) is 10.4.